The van der Waals surface area contributed by atoms with Crippen LogP contribution in [0.25, 0.3) is 22.4 Å². The standard InChI is InChI=1S/C19H13BrClN3/c20-15-6-4-13(5-7-15)11-24-9-8-17-18(12-24)23-19(22-17)14-2-1-3-16(21)10-14/h1-10,12H,11H2/p+1. The van der Waals surface area contributed by atoms with E-state index in [4.69, 9.17) is 11.6 Å². The largest absolute Gasteiger partial charge is 0.333 e. The van der Waals surface area contributed by atoms with Crippen molar-refractivity contribution in [3.8, 4) is 11.4 Å². The van der Waals surface area contributed by atoms with Gasteiger partial charge >= 0.3 is 0 Å². The third kappa shape index (κ3) is 3.21. The van der Waals surface area contributed by atoms with Crippen molar-refractivity contribution in [1.29, 1.82) is 0 Å². The monoisotopic (exact) mass is 398 g/mol. The lowest BCUT2D eigenvalue weighted by Gasteiger charge is -1.98. The molecule has 2 aromatic carbocycles. The average Bonchev–Trinajstić information content (AvgIpc) is 3.00. The summed E-state index contributed by atoms with van der Waals surface area (Å²) in [5.41, 5.74) is 4.18. The highest BCUT2D eigenvalue weighted by atomic mass is 79.9. The number of nitrogens with zero attached hydrogens (tertiary/aromatic N) is 2. The van der Waals surface area contributed by atoms with Crippen molar-refractivity contribution in [1.82, 2.24) is 9.97 Å². The first-order chi connectivity index (χ1) is 11.7. The fourth-order valence-corrected chi connectivity index (χ4v) is 3.13. The van der Waals surface area contributed by atoms with Crippen molar-refractivity contribution in [3.63, 3.8) is 0 Å². The minimum Gasteiger partial charge on any atom is -0.333 e. The Labute approximate surface area is 153 Å². The number of rotatable bonds is 3. The molecule has 2 heterocycles. The number of aromatic nitrogens is 3. The Morgan fingerprint density at radius 1 is 1.08 bits per heavy atom. The number of pyridine rings is 1. The van der Waals surface area contributed by atoms with Crippen molar-refractivity contribution in [3.05, 3.63) is 82.0 Å². The number of hydrogen-bond donors (Lipinski definition) is 1. The Hall–Kier alpha value is -2.17. The summed E-state index contributed by atoms with van der Waals surface area (Å²) in [6.07, 6.45) is 4.13. The molecule has 0 amide bonds. The van der Waals surface area contributed by atoms with Gasteiger partial charge in [0.25, 0.3) is 0 Å². The molecule has 0 unspecified atom stereocenters. The van der Waals surface area contributed by atoms with Crippen molar-refractivity contribution >= 4 is 38.6 Å². The third-order valence-corrected chi connectivity index (χ3v) is 4.62. The first kappa shape index (κ1) is 15.4. The number of H-pyrrole nitrogens is 1. The van der Waals surface area contributed by atoms with Crippen molar-refractivity contribution < 1.29 is 4.57 Å². The second-order valence-electron chi connectivity index (χ2n) is 5.64. The lowest BCUT2D eigenvalue weighted by Crippen LogP contribution is -2.33. The van der Waals surface area contributed by atoms with E-state index in [1.54, 1.807) is 0 Å². The molecule has 24 heavy (non-hydrogen) atoms. The second kappa shape index (κ2) is 6.38. The molecule has 2 aromatic heterocycles. The predicted octanol–water partition coefficient (Wildman–Crippen LogP) is 4.98. The zero-order valence-electron chi connectivity index (χ0n) is 12.7. The molecule has 0 saturated carbocycles. The Balaban J connectivity index is 1.67. The molecule has 0 aliphatic rings. The molecule has 0 bridgehead atoms. The van der Waals surface area contributed by atoms with Crippen molar-refractivity contribution in [2.75, 3.05) is 0 Å². The van der Waals surface area contributed by atoms with Crippen molar-refractivity contribution in [2.45, 2.75) is 6.54 Å². The van der Waals surface area contributed by atoms with E-state index >= 15 is 0 Å². The molecule has 0 radical (unpaired) electrons. The van der Waals surface area contributed by atoms with Gasteiger partial charge in [-0.25, -0.2) is 4.98 Å². The maximum Gasteiger partial charge on any atom is 0.195 e. The van der Waals surface area contributed by atoms with Gasteiger partial charge in [-0.15, -0.1) is 0 Å². The summed E-state index contributed by atoms with van der Waals surface area (Å²) in [6, 6.07) is 18.1. The summed E-state index contributed by atoms with van der Waals surface area (Å²) in [7, 11) is 0. The summed E-state index contributed by atoms with van der Waals surface area (Å²) in [6.45, 7) is 0.814. The molecule has 0 aliphatic carbocycles. The number of imidazole rings is 1. The van der Waals surface area contributed by atoms with Gasteiger partial charge in [0.15, 0.2) is 18.9 Å². The van der Waals surface area contributed by atoms with Crippen LogP contribution in [0.5, 0.6) is 0 Å². The molecule has 0 spiro atoms. The van der Waals surface area contributed by atoms with Crippen LogP contribution in [0.2, 0.25) is 5.02 Å². The van der Waals surface area contributed by atoms with Crippen LogP contribution in [0, 0.1) is 0 Å². The van der Waals surface area contributed by atoms with Crippen LogP contribution in [-0.2, 0) is 6.54 Å². The van der Waals surface area contributed by atoms with E-state index in [-0.39, 0.29) is 0 Å². The van der Waals surface area contributed by atoms with Crippen LogP contribution in [-0.4, -0.2) is 9.97 Å². The maximum atomic E-state index is 6.07. The van der Waals surface area contributed by atoms with E-state index in [1.165, 1.54) is 5.56 Å². The lowest BCUT2D eigenvalue weighted by molar-refractivity contribution is -0.687. The Kier molecular flexibility index (Phi) is 4.08. The van der Waals surface area contributed by atoms with Gasteiger partial charge in [0.05, 0.1) is 0 Å². The van der Waals surface area contributed by atoms with E-state index in [0.717, 1.165) is 33.4 Å². The van der Waals surface area contributed by atoms with E-state index in [9.17, 15) is 0 Å². The van der Waals surface area contributed by atoms with Crippen LogP contribution in [0.3, 0.4) is 0 Å². The molecule has 0 saturated heterocycles. The molecule has 0 fully saturated rings. The van der Waals surface area contributed by atoms with E-state index in [2.05, 4.69) is 60.9 Å². The number of nitrogens with one attached hydrogen (secondary N) is 1. The summed E-state index contributed by atoms with van der Waals surface area (Å²) >= 11 is 9.53. The first-order valence-corrected chi connectivity index (χ1v) is 8.74. The zero-order chi connectivity index (χ0) is 16.5. The first-order valence-electron chi connectivity index (χ1n) is 7.56. The highest BCUT2D eigenvalue weighted by Crippen LogP contribution is 2.22. The summed E-state index contributed by atoms with van der Waals surface area (Å²) in [5, 5.41) is 0.707. The van der Waals surface area contributed by atoms with Gasteiger partial charge in [0.1, 0.15) is 16.9 Å². The SMILES string of the molecule is Clc1cccc(-c2nc3cc[n+](Cc4ccc(Br)cc4)cc3[nH]2)c1. The molecular formula is C19H14BrClN3+. The van der Waals surface area contributed by atoms with Gasteiger partial charge in [-0.3, -0.25) is 0 Å². The van der Waals surface area contributed by atoms with Crippen LogP contribution < -0.4 is 4.57 Å². The number of hydrogen-bond acceptors (Lipinski definition) is 1. The number of benzene rings is 2. The average molecular weight is 400 g/mol. The van der Waals surface area contributed by atoms with E-state index in [0.29, 0.717) is 5.02 Å². The second-order valence-corrected chi connectivity index (χ2v) is 6.99. The van der Waals surface area contributed by atoms with Gasteiger partial charge in [0.2, 0.25) is 0 Å². The molecule has 4 rings (SSSR count). The third-order valence-electron chi connectivity index (χ3n) is 3.86. The zero-order valence-corrected chi connectivity index (χ0v) is 15.1. The van der Waals surface area contributed by atoms with Crippen molar-refractivity contribution in [2.24, 2.45) is 0 Å². The van der Waals surface area contributed by atoms with Gasteiger partial charge in [-0.1, -0.05) is 51.8 Å². The Morgan fingerprint density at radius 2 is 1.92 bits per heavy atom. The minimum absolute atomic E-state index is 0.707. The van der Waals surface area contributed by atoms with E-state index < -0.39 is 0 Å². The highest BCUT2D eigenvalue weighted by molar-refractivity contribution is 9.10. The minimum atomic E-state index is 0.707. The maximum absolute atomic E-state index is 6.07. The summed E-state index contributed by atoms with van der Waals surface area (Å²) in [4.78, 5) is 8.03. The fourth-order valence-electron chi connectivity index (χ4n) is 2.67. The quantitative estimate of drug-likeness (QED) is 0.484. The van der Waals surface area contributed by atoms with Gasteiger partial charge in [0, 0.05) is 26.7 Å². The van der Waals surface area contributed by atoms with Gasteiger partial charge in [-0.2, -0.15) is 4.57 Å². The fraction of sp³-hybridized carbons (Fsp3) is 0.0526. The van der Waals surface area contributed by atoms with Crippen LogP contribution >= 0.6 is 27.5 Å². The molecule has 1 N–H and O–H groups in total. The van der Waals surface area contributed by atoms with Crippen LogP contribution in [0.4, 0.5) is 0 Å². The number of fused-ring (bicyclic) bond motifs is 1. The topological polar surface area (TPSA) is 32.6 Å². The van der Waals surface area contributed by atoms with Crippen LogP contribution in [0.1, 0.15) is 5.56 Å². The van der Waals surface area contributed by atoms with E-state index in [1.807, 2.05) is 36.5 Å². The number of aromatic amines is 1. The molecule has 0 atom stereocenters. The lowest BCUT2D eigenvalue weighted by atomic mass is 10.2. The number of halogens is 2. The Morgan fingerprint density at radius 3 is 2.71 bits per heavy atom. The summed E-state index contributed by atoms with van der Waals surface area (Å²) in [5.74, 6) is 0.828. The molecule has 5 heteroatoms. The molecule has 118 valence electrons. The van der Waals surface area contributed by atoms with Gasteiger partial charge < -0.3 is 4.98 Å². The van der Waals surface area contributed by atoms with Crippen LogP contribution in [0.15, 0.2) is 71.5 Å². The molecule has 4 aromatic rings. The molecular weight excluding hydrogens is 386 g/mol. The predicted molar refractivity (Wildman–Crippen MR) is 100.0 cm³/mol. The smallest absolute Gasteiger partial charge is 0.195 e. The summed E-state index contributed by atoms with van der Waals surface area (Å²) < 4.78 is 3.23. The Bertz CT molecular complexity index is 1010. The molecule has 3 nitrogen and oxygen atoms in total. The normalized spacial score (nSPS) is 11.1. The molecule has 0 aliphatic heterocycles. The highest BCUT2D eigenvalue weighted by Gasteiger charge is 2.10. The van der Waals surface area contributed by atoms with Gasteiger partial charge in [-0.05, 0) is 24.3 Å².